The summed E-state index contributed by atoms with van der Waals surface area (Å²) in [5.41, 5.74) is 2.38. The number of para-hydroxylation sites is 1. The van der Waals surface area contributed by atoms with Gasteiger partial charge in [-0.1, -0.05) is 18.2 Å². The van der Waals surface area contributed by atoms with E-state index in [9.17, 15) is 4.79 Å². The Morgan fingerprint density at radius 1 is 1.18 bits per heavy atom. The standard InChI is InChI=1S/C17H20N4O/c22-17(13-19-10-11-20-9-7-18-16(20)12-19)21-8-3-5-14-4-1-2-6-15(14)21/h1-2,4,6-7,9H,3,5,8,10-13H2. The summed E-state index contributed by atoms with van der Waals surface area (Å²) in [4.78, 5) is 21.3. The van der Waals surface area contributed by atoms with E-state index in [4.69, 9.17) is 0 Å². The first-order valence-corrected chi connectivity index (χ1v) is 7.92. The first kappa shape index (κ1) is 13.5. The number of amides is 1. The molecule has 0 bridgehead atoms. The molecule has 0 fully saturated rings. The summed E-state index contributed by atoms with van der Waals surface area (Å²) in [6, 6.07) is 8.27. The maximum absolute atomic E-state index is 12.7. The van der Waals surface area contributed by atoms with Gasteiger partial charge in [0.05, 0.1) is 13.1 Å². The number of rotatable bonds is 2. The van der Waals surface area contributed by atoms with Gasteiger partial charge in [0.15, 0.2) is 0 Å². The molecule has 0 aliphatic carbocycles. The fourth-order valence-electron chi connectivity index (χ4n) is 3.43. The SMILES string of the molecule is O=C(CN1CCn2ccnc2C1)N1CCCc2ccccc21. The molecule has 5 nitrogen and oxygen atoms in total. The predicted octanol–water partition coefficient (Wildman–Crippen LogP) is 1.68. The van der Waals surface area contributed by atoms with Crippen molar-refractivity contribution >= 4 is 11.6 Å². The van der Waals surface area contributed by atoms with Crippen molar-refractivity contribution in [1.29, 1.82) is 0 Å². The van der Waals surface area contributed by atoms with E-state index >= 15 is 0 Å². The molecule has 0 N–H and O–H groups in total. The van der Waals surface area contributed by atoms with Crippen LogP contribution in [-0.2, 0) is 24.3 Å². The molecule has 1 aromatic heterocycles. The average molecular weight is 296 g/mol. The number of anilines is 1. The first-order valence-electron chi connectivity index (χ1n) is 7.92. The lowest BCUT2D eigenvalue weighted by molar-refractivity contribution is -0.120. The van der Waals surface area contributed by atoms with E-state index in [2.05, 4.69) is 32.7 Å². The Balaban J connectivity index is 1.47. The largest absolute Gasteiger partial charge is 0.333 e. The zero-order chi connectivity index (χ0) is 14.9. The molecular formula is C17H20N4O. The van der Waals surface area contributed by atoms with Gasteiger partial charge in [-0.05, 0) is 24.5 Å². The van der Waals surface area contributed by atoms with Gasteiger partial charge in [-0.15, -0.1) is 0 Å². The number of aryl methyl sites for hydroxylation is 1. The van der Waals surface area contributed by atoms with Crippen LogP contribution in [0.3, 0.4) is 0 Å². The molecule has 5 heteroatoms. The zero-order valence-electron chi connectivity index (χ0n) is 12.6. The lowest BCUT2D eigenvalue weighted by Crippen LogP contribution is -2.45. The number of hydrogen-bond acceptors (Lipinski definition) is 3. The quantitative estimate of drug-likeness (QED) is 0.846. The second-order valence-electron chi connectivity index (χ2n) is 6.03. The summed E-state index contributed by atoms with van der Waals surface area (Å²) in [5, 5.41) is 0. The Labute approximate surface area is 130 Å². The number of hydrogen-bond donors (Lipinski definition) is 0. The number of aromatic nitrogens is 2. The Hall–Kier alpha value is -2.14. The molecule has 2 aliphatic heterocycles. The summed E-state index contributed by atoms with van der Waals surface area (Å²) < 4.78 is 2.16. The predicted molar refractivity (Wildman–Crippen MR) is 84.6 cm³/mol. The van der Waals surface area contributed by atoms with Crippen LogP contribution in [0.5, 0.6) is 0 Å². The van der Waals surface area contributed by atoms with Crippen molar-refractivity contribution in [2.45, 2.75) is 25.9 Å². The van der Waals surface area contributed by atoms with Crippen molar-refractivity contribution in [2.75, 3.05) is 24.5 Å². The van der Waals surface area contributed by atoms with Gasteiger partial charge in [0.25, 0.3) is 0 Å². The van der Waals surface area contributed by atoms with Crippen molar-refractivity contribution < 1.29 is 4.79 Å². The summed E-state index contributed by atoms with van der Waals surface area (Å²) in [6.07, 6.45) is 5.96. The van der Waals surface area contributed by atoms with Crippen LogP contribution in [0.25, 0.3) is 0 Å². The second kappa shape index (κ2) is 5.57. The molecule has 22 heavy (non-hydrogen) atoms. The Bertz CT molecular complexity index is 693. The number of fused-ring (bicyclic) bond motifs is 2. The molecule has 2 aromatic rings. The van der Waals surface area contributed by atoms with Gasteiger partial charge in [-0.25, -0.2) is 4.98 Å². The Morgan fingerprint density at radius 2 is 2.09 bits per heavy atom. The van der Waals surface area contributed by atoms with Gasteiger partial charge < -0.3 is 9.47 Å². The van der Waals surface area contributed by atoms with Crippen LogP contribution in [0, 0.1) is 0 Å². The van der Waals surface area contributed by atoms with Crippen molar-refractivity contribution in [2.24, 2.45) is 0 Å². The van der Waals surface area contributed by atoms with E-state index in [0.717, 1.165) is 50.5 Å². The van der Waals surface area contributed by atoms with Crippen LogP contribution in [0.2, 0.25) is 0 Å². The third kappa shape index (κ3) is 2.41. The van der Waals surface area contributed by atoms with Crippen molar-refractivity contribution in [3.05, 3.63) is 48.0 Å². The minimum Gasteiger partial charge on any atom is -0.333 e. The number of carbonyl (C=O) groups is 1. The molecule has 4 rings (SSSR count). The van der Waals surface area contributed by atoms with E-state index < -0.39 is 0 Å². The van der Waals surface area contributed by atoms with Crippen LogP contribution in [0.4, 0.5) is 5.69 Å². The molecule has 0 saturated carbocycles. The molecule has 0 saturated heterocycles. The van der Waals surface area contributed by atoms with Crippen molar-refractivity contribution in [3.63, 3.8) is 0 Å². The fraction of sp³-hybridized carbons (Fsp3) is 0.412. The molecule has 0 spiro atoms. The molecule has 0 atom stereocenters. The second-order valence-corrected chi connectivity index (χ2v) is 6.03. The smallest absolute Gasteiger partial charge is 0.241 e. The Kier molecular flexibility index (Phi) is 3.42. The Morgan fingerprint density at radius 3 is 3.05 bits per heavy atom. The van der Waals surface area contributed by atoms with Crippen LogP contribution < -0.4 is 4.90 Å². The molecule has 2 aliphatic rings. The maximum atomic E-state index is 12.7. The highest BCUT2D eigenvalue weighted by atomic mass is 16.2. The topological polar surface area (TPSA) is 41.4 Å². The normalized spacial score (nSPS) is 17.9. The number of imidazole rings is 1. The molecule has 114 valence electrons. The van der Waals surface area contributed by atoms with Gasteiger partial charge >= 0.3 is 0 Å². The first-order chi connectivity index (χ1) is 10.8. The molecule has 0 unspecified atom stereocenters. The van der Waals surface area contributed by atoms with Gasteiger partial charge in [0, 0.05) is 37.7 Å². The van der Waals surface area contributed by atoms with Gasteiger partial charge in [0.1, 0.15) is 5.82 Å². The highest BCUT2D eigenvalue weighted by Gasteiger charge is 2.25. The highest BCUT2D eigenvalue weighted by molar-refractivity contribution is 5.95. The third-order valence-electron chi connectivity index (χ3n) is 4.59. The summed E-state index contributed by atoms with van der Waals surface area (Å²) >= 11 is 0. The fourth-order valence-corrected chi connectivity index (χ4v) is 3.43. The number of carbonyl (C=O) groups excluding carboxylic acids is 1. The monoisotopic (exact) mass is 296 g/mol. The summed E-state index contributed by atoms with van der Waals surface area (Å²) in [5.74, 6) is 1.25. The van der Waals surface area contributed by atoms with E-state index in [1.807, 2.05) is 23.4 Å². The minimum absolute atomic E-state index is 0.201. The molecule has 3 heterocycles. The van der Waals surface area contributed by atoms with Crippen LogP contribution >= 0.6 is 0 Å². The van der Waals surface area contributed by atoms with Crippen LogP contribution in [0.1, 0.15) is 17.8 Å². The lowest BCUT2D eigenvalue weighted by atomic mass is 10.0. The average Bonchev–Trinajstić information content (AvgIpc) is 3.02. The minimum atomic E-state index is 0.201. The van der Waals surface area contributed by atoms with E-state index in [-0.39, 0.29) is 5.91 Å². The lowest BCUT2D eigenvalue weighted by Gasteiger charge is -2.33. The molecule has 1 aromatic carbocycles. The summed E-state index contributed by atoms with van der Waals surface area (Å²) in [7, 11) is 0. The van der Waals surface area contributed by atoms with E-state index in [0.29, 0.717) is 6.54 Å². The molecule has 1 amide bonds. The zero-order valence-corrected chi connectivity index (χ0v) is 12.6. The van der Waals surface area contributed by atoms with Crippen LogP contribution in [-0.4, -0.2) is 40.0 Å². The van der Waals surface area contributed by atoms with Gasteiger partial charge in [0.2, 0.25) is 5.91 Å². The van der Waals surface area contributed by atoms with E-state index in [1.165, 1.54) is 5.56 Å². The highest BCUT2D eigenvalue weighted by Crippen LogP contribution is 2.27. The number of nitrogens with zero attached hydrogens (tertiary/aromatic N) is 4. The summed E-state index contributed by atoms with van der Waals surface area (Å²) in [6.45, 7) is 3.89. The van der Waals surface area contributed by atoms with Crippen molar-refractivity contribution in [3.8, 4) is 0 Å². The van der Waals surface area contributed by atoms with Gasteiger partial charge in [-0.2, -0.15) is 0 Å². The van der Waals surface area contributed by atoms with Gasteiger partial charge in [-0.3, -0.25) is 9.69 Å². The molecule has 0 radical (unpaired) electrons. The molecular weight excluding hydrogens is 276 g/mol. The number of benzene rings is 1. The van der Waals surface area contributed by atoms with E-state index in [1.54, 1.807) is 0 Å². The van der Waals surface area contributed by atoms with Crippen molar-refractivity contribution in [1.82, 2.24) is 14.5 Å². The van der Waals surface area contributed by atoms with Crippen LogP contribution in [0.15, 0.2) is 36.7 Å². The maximum Gasteiger partial charge on any atom is 0.241 e. The third-order valence-corrected chi connectivity index (χ3v) is 4.59.